The van der Waals surface area contributed by atoms with E-state index in [-0.39, 0.29) is 18.4 Å². The summed E-state index contributed by atoms with van der Waals surface area (Å²) in [5, 5.41) is 11.5. The van der Waals surface area contributed by atoms with Crippen LogP contribution in [-0.4, -0.2) is 24.2 Å². The molecular weight excluding hydrogens is 178 g/mol. The number of nitrogens with one attached hydrogen (secondary N) is 1. The van der Waals surface area contributed by atoms with E-state index in [4.69, 9.17) is 5.11 Å². The minimum absolute atomic E-state index is 0.174. The molecule has 80 valence electrons. The van der Waals surface area contributed by atoms with Gasteiger partial charge in [-0.05, 0) is 32.1 Å². The Bertz CT molecular complexity index is 193. The van der Waals surface area contributed by atoms with Gasteiger partial charge in [-0.2, -0.15) is 0 Å². The third-order valence-corrected chi connectivity index (χ3v) is 2.51. The van der Waals surface area contributed by atoms with E-state index in [0.717, 1.165) is 38.6 Å². The first kappa shape index (κ1) is 11.2. The Morgan fingerprint density at radius 1 is 1.29 bits per heavy atom. The molecule has 1 aliphatic rings. The minimum Gasteiger partial charge on any atom is -0.396 e. The number of rotatable bonds is 6. The number of amides is 1. The van der Waals surface area contributed by atoms with Gasteiger partial charge < -0.3 is 10.4 Å². The van der Waals surface area contributed by atoms with Gasteiger partial charge in [-0.25, -0.2) is 0 Å². The van der Waals surface area contributed by atoms with Gasteiger partial charge in [0, 0.05) is 19.1 Å². The van der Waals surface area contributed by atoms with E-state index >= 15 is 0 Å². The lowest BCUT2D eigenvalue weighted by atomic mass is 10.1. The zero-order valence-corrected chi connectivity index (χ0v) is 8.54. The second-order valence-electron chi connectivity index (χ2n) is 3.72. The summed E-state index contributed by atoms with van der Waals surface area (Å²) >= 11 is 0. The van der Waals surface area contributed by atoms with Crippen molar-refractivity contribution in [2.24, 2.45) is 5.92 Å². The second kappa shape index (κ2) is 6.60. The van der Waals surface area contributed by atoms with Gasteiger partial charge in [-0.3, -0.25) is 4.79 Å². The van der Waals surface area contributed by atoms with Crippen molar-refractivity contribution in [2.75, 3.05) is 13.2 Å². The van der Waals surface area contributed by atoms with E-state index in [1.165, 1.54) is 0 Å². The van der Waals surface area contributed by atoms with Crippen LogP contribution in [-0.2, 0) is 4.79 Å². The van der Waals surface area contributed by atoms with Gasteiger partial charge >= 0.3 is 0 Å². The summed E-state index contributed by atoms with van der Waals surface area (Å²) < 4.78 is 0. The first-order valence-corrected chi connectivity index (χ1v) is 5.38. The number of hydrogen-bond donors (Lipinski definition) is 2. The Kier molecular flexibility index (Phi) is 5.30. The van der Waals surface area contributed by atoms with Crippen LogP contribution < -0.4 is 5.32 Å². The third kappa shape index (κ3) is 3.92. The van der Waals surface area contributed by atoms with Gasteiger partial charge in [-0.15, -0.1) is 0 Å². The maximum Gasteiger partial charge on any atom is 0.223 e. The fraction of sp³-hybridized carbons (Fsp3) is 0.727. The number of allylic oxidation sites excluding steroid dienone is 2. The number of hydrogen-bond acceptors (Lipinski definition) is 2. The Balaban J connectivity index is 1.98. The molecule has 0 aromatic heterocycles. The zero-order valence-electron chi connectivity index (χ0n) is 8.54. The first-order chi connectivity index (χ1) is 6.84. The lowest BCUT2D eigenvalue weighted by molar-refractivity contribution is -0.124. The molecule has 1 aliphatic carbocycles. The molecule has 2 N–H and O–H groups in total. The molecule has 0 heterocycles. The molecule has 1 amide bonds. The largest absolute Gasteiger partial charge is 0.396 e. The molecule has 0 bridgehead atoms. The average Bonchev–Trinajstić information content (AvgIpc) is 2.70. The van der Waals surface area contributed by atoms with Gasteiger partial charge in [0.1, 0.15) is 0 Å². The molecule has 0 atom stereocenters. The lowest BCUT2D eigenvalue weighted by Crippen LogP contribution is -2.30. The lowest BCUT2D eigenvalue weighted by Gasteiger charge is -2.09. The van der Waals surface area contributed by atoms with Gasteiger partial charge in [0.05, 0.1) is 0 Å². The summed E-state index contributed by atoms with van der Waals surface area (Å²) in [4.78, 5) is 11.5. The summed E-state index contributed by atoms with van der Waals surface area (Å²) in [6, 6.07) is 0. The Hall–Kier alpha value is -0.830. The van der Waals surface area contributed by atoms with Crippen LogP contribution in [0.25, 0.3) is 0 Å². The van der Waals surface area contributed by atoms with Gasteiger partial charge in [0.2, 0.25) is 5.91 Å². The number of carbonyl (C=O) groups is 1. The van der Waals surface area contributed by atoms with Crippen molar-refractivity contribution in [3.63, 3.8) is 0 Å². The second-order valence-corrected chi connectivity index (χ2v) is 3.72. The number of aliphatic hydroxyl groups excluding tert-OH is 1. The van der Waals surface area contributed by atoms with Crippen LogP contribution >= 0.6 is 0 Å². The molecule has 0 radical (unpaired) electrons. The molecule has 1 rings (SSSR count). The summed E-state index contributed by atoms with van der Waals surface area (Å²) in [7, 11) is 0. The molecule has 0 spiro atoms. The normalized spacial score (nSPS) is 16.1. The maximum atomic E-state index is 11.5. The van der Waals surface area contributed by atoms with Crippen LogP contribution in [0.5, 0.6) is 0 Å². The van der Waals surface area contributed by atoms with Crippen LogP contribution in [0.1, 0.15) is 32.1 Å². The molecule has 3 heteroatoms. The molecule has 0 saturated heterocycles. The number of carbonyl (C=O) groups excluding carboxylic acids is 1. The van der Waals surface area contributed by atoms with E-state index < -0.39 is 0 Å². The zero-order chi connectivity index (χ0) is 10.2. The summed E-state index contributed by atoms with van der Waals surface area (Å²) in [5.74, 6) is 0.354. The highest BCUT2D eigenvalue weighted by molar-refractivity contribution is 5.79. The highest BCUT2D eigenvalue weighted by Crippen LogP contribution is 2.17. The number of aliphatic hydroxyl groups is 1. The predicted octanol–water partition coefficient (Wildman–Crippen LogP) is 1.23. The SMILES string of the molecule is O=C(NCCCCCO)C1CC=CC1. The molecule has 3 nitrogen and oxygen atoms in total. The molecule has 0 aromatic carbocycles. The Morgan fingerprint density at radius 3 is 2.64 bits per heavy atom. The van der Waals surface area contributed by atoms with E-state index in [1.807, 2.05) is 0 Å². The predicted molar refractivity (Wildman–Crippen MR) is 55.8 cm³/mol. The standard InChI is InChI=1S/C11H19NO2/c13-9-5-1-4-8-12-11(14)10-6-2-3-7-10/h2-3,10,13H,1,4-9H2,(H,12,14). The van der Waals surface area contributed by atoms with E-state index in [0.29, 0.717) is 0 Å². The van der Waals surface area contributed by atoms with Gasteiger partial charge in [-0.1, -0.05) is 12.2 Å². The van der Waals surface area contributed by atoms with Crippen LogP contribution in [0, 0.1) is 5.92 Å². The fourth-order valence-electron chi connectivity index (χ4n) is 1.60. The molecule has 0 saturated carbocycles. The highest BCUT2D eigenvalue weighted by atomic mass is 16.2. The highest BCUT2D eigenvalue weighted by Gasteiger charge is 2.17. The van der Waals surface area contributed by atoms with Gasteiger partial charge in [0.25, 0.3) is 0 Å². The summed E-state index contributed by atoms with van der Waals surface area (Å²) in [6.07, 6.45) is 8.70. The maximum absolute atomic E-state index is 11.5. The van der Waals surface area contributed by atoms with Crippen molar-refractivity contribution in [3.05, 3.63) is 12.2 Å². The third-order valence-electron chi connectivity index (χ3n) is 2.51. The van der Waals surface area contributed by atoms with Crippen molar-refractivity contribution in [1.82, 2.24) is 5.32 Å². The molecule has 0 aliphatic heterocycles. The average molecular weight is 197 g/mol. The molecule has 14 heavy (non-hydrogen) atoms. The van der Waals surface area contributed by atoms with Crippen molar-refractivity contribution in [1.29, 1.82) is 0 Å². The molecular formula is C11H19NO2. The van der Waals surface area contributed by atoms with Crippen LogP contribution in [0.2, 0.25) is 0 Å². The Morgan fingerprint density at radius 2 is 2.00 bits per heavy atom. The van der Waals surface area contributed by atoms with Crippen molar-refractivity contribution in [2.45, 2.75) is 32.1 Å². The topological polar surface area (TPSA) is 49.3 Å². The van der Waals surface area contributed by atoms with Crippen LogP contribution in [0.3, 0.4) is 0 Å². The summed E-state index contributed by atoms with van der Waals surface area (Å²) in [6.45, 7) is 0.996. The van der Waals surface area contributed by atoms with E-state index in [1.54, 1.807) is 0 Å². The quantitative estimate of drug-likeness (QED) is 0.497. The molecule has 0 aromatic rings. The van der Waals surface area contributed by atoms with Crippen molar-refractivity contribution in [3.8, 4) is 0 Å². The van der Waals surface area contributed by atoms with Crippen molar-refractivity contribution < 1.29 is 9.90 Å². The van der Waals surface area contributed by atoms with E-state index in [2.05, 4.69) is 17.5 Å². The number of unbranched alkanes of at least 4 members (excludes halogenated alkanes) is 2. The summed E-state index contributed by atoms with van der Waals surface area (Å²) in [5.41, 5.74) is 0. The smallest absolute Gasteiger partial charge is 0.223 e. The molecule has 0 unspecified atom stereocenters. The van der Waals surface area contributed by atoms with E-state index in [9.17, 15) is 4.79 Å². The minimum atomic E-state index is 0.174. The molecule has 0 fully saturated rings. The van der Waals surface area contributed by atoms with Gasteiger partial charge in [0.15, 0.2) is 0 Å². The van der Waals surface area contributed by atoms with Crippen molar-refractivity contribution >= 4 is 5.91 Å². The van der Waals surface area contributed by atoms with Crippen LogP contribution in [0.15, 0.2) is 12.2 Å². The first-order valence-electron chi connectivity index (χ1n) is 5.38. The fourth-order valence-corrected chi connectivity index (χ4v) is 1.60. The van der Waals surface area contributed by atoms with Crippen LogP contribution in [0.4, 0.5) is 0 Å². The monoisotopic (exact) mass is 197 g/mol. The Labute approximate surface area is 85.2 Å².